The molecule has 0 N–H and O–H groups in total. The van der Waals surface area contributed by atoms with Crippen LogP contribution in [0.4, 0.5) is 0 Å². The van der Waals surface area contributed by atoms with Crippen molar-refractivity contribution in [1.29, 1.82) is 0 Å². The molecule has 1 heterocycles. The smallest absolute Gasteiger partial charge is 0.123 e. The molecule has 2 aromatic rings. The van der Waals surface area contributed by atoms with Gasteiger partial charge in [0.15, 0.2) is 0 Å². The van der Waals surface area contributed by atoms with Gasteiger partial charge in [-0.3, -0.25) is 0 Å². The maximum atomic E-state index is 5.49. The number of alkyl halides is 1. The quantitative estimate of drug-likeness (QED) is 0.619. The lowest BCUT2D eigenvalue weighted by Crippen LogP contribution is -1.98. The fourth-order valence-corrected chi connectivity index (χ4v) is 4.11. The Morgan fingerprint density at radius 3 is 2.39 bits per heavy atom. The van der Waals surface area contributed by atoms with Crippen LogP contribution in [0.3, 0.4) is 0 Å². The van der Waals surface area contributed by atoms with Crippen molar-refractivity contribution < 1.29 is 4.74 Å². The van der Waals surface area contributed by atoms with Gasteiger partial charge in [-0.25, -0.2) is 0 Å². The standard InChI is InChI=1S/C14H14Br2OS/c1-8-4-13(17-3)10(5-12(8)15)14(16)11-7-18-6-9(11)2/h4-7,14H,1-3H3. The topological polar surface area (TPSA) is 9.23 Å². The van der Waals surface area contributed by atoms with Gasteiger partial charge in [-0.15, -0.1) is 0 Å². The first-order valence-electron chi connectivity index (χ1n) is 5.55. The lowest BCUT2D eigenvalue weighted by molar-refractivity contribution is 0.410. The van der Waals surface area contributed by atoms with Gasteiger partial charge in [-0.1, -0.05) is 31.9 Å². The third kappa shape index (κ3) is 2.65. The molecular formula is C14H14Br2OS. The summed E-state index contributed by atoms with van der Waals surface area (Å²) in [5.41, 5.74) is 4.93. The van der Waals surface area contributed by atoms with Crippen molar-refractivity contribution in [3.8, 4) is 5.75 Å². The molecule has 0 saturated carbocycles. The Morgan fingerprint density at radius 2 is 1.83 bits per heavy atom. The Kier molecular flexibility index (Phi) is 4.51. The molecule has 1 atom stereocenters. The molecule has 0 amide bonds. The van der Waals surface area contributed by atoms with Crippen LogP contribution in [0.1, 0.15) is 27.1 Å². The first kappa shape index (κ1) is 14.1. The van der Waals surface area contributed by atoms with Gasteiger partial charge >= 0.3 is 0 Å². The second kappa shape index (κ2) is 5.76. The molecule has 0 spiro atoms. The molecule has 1 aromatic carbocycles. The van der Waals surface area contributed by atoms with Crippen molar-refractivity contribution in [2.45, 2.75) is 18.7 Å². The van der Waals surface area contributed by atoms with E-state index in [0.717, 1.165) is 15.8 Å². The predicted molar refractivity (Wildman–Crippen MR) is 85.3 cm³/mol. The first-order valence-corrected chi connectivity index (χ1v) is 8.20. The van der Waals surface area contributed by atoms with Gasteiger partial charge in [0.2, 0.25) is 0 Å². The monoisotopic (exact) mass is 388 g/mol. The van der Waals surface area contributed by atoms with Crippen LogP contribution in [0, 0.1) is 13.8 Å². The summed E-state index contributed by atoms with van der Waals surface area (Å²) in [7, 11) is 1.71. The Hall–Kier alpha value is -0.320. The average molecular weight is 390 g/mol. The second-order valence-electron chi connectivity index (χ2n) is 4.22. The van der Waals surface area contributed by atoms with E-state index >= 15 is 0 Å². The van der Waals surface area contributed by atoms with Crippen LogP contribution in [-0.4, -0.2) is 7.11 Å². The molecule has 18 heavy (non-hydrogen) atoms. The Balaban J connectivity index is 2.50. The molecule has 0 aliphatic heterocycles. The molecule has 0 bridgehead atoms. The lowest BCUT2D eigenvalue weighted by atomic mass is 10.0. The van der Waals surface area contributed by atoms with Crippen LogP contribution in [0.15, 0.2) is 27.4 Å². The molecule has 1 nitrogen and oxygen atoms in total. The average Bonchev–Trinajstić information content (AvgIpc) is 2.77. The Labute approximate surface area is 128 Å². The number of methoxy groups -OCH3 is 1. The van der Waals surface area contributed by atoms with E-state index in [-0.39, 0.29) is 4.83 Å². The zero-order valence-electron chi connectivity index (χ0n) is 10.5. The number of rotatable bonds is 3. The van der Waals surface area contributed by atoms with Crippen LogP contribution >= 0.6 is 43.2 Å². The van der Waals surface area contributed by atoms with Crippen molar-refractivity contribution in [2.75, 3.05) is 7.11 Å². The zero-order chi connectivity index (χ0) is 13.3. The number of benzene rings is 1. The highest BCUT2D eigenvalue weighted by atomic mass is 79.9. The summed E-state index contributed by atoms with van der Waals surface area (Å²) in [5.74, 6) is 0.920. The van der Waals surface area contributed by atoms with E-state index in [1.807, 2.05) is 0 Å². The Morgan fingerprint density at radius 1 is 1.11 bits per heavy atom. The summed E-state index contributed by atoms with van der Waals surface area (Å²) in [6.45, 7) is 4.20. The molecule has 1 aromatic heterocycles. The van der Waals surface area contributed by atoms with Crippen LogP contribution in [-0.2, 0) is 0 Å². The summed E-state index contributed by atoms with van der Waals surface area (Å²) in [4.78, 5) is 0.163. The molecule has 96 valence electrons. The van der Waals surface area contributed by atoms with Gasteiger partial charge in [-0.2, -0.15) is 11.3 Å². The highest BCUT2D eigenvalue weighted by Crippen LogP contribution is 2.41. The van der Waals surface area contributed by atoms with E-state index < -0.39 is 0 Å². The summed E-state index contributed by atoms with van der Waals surface area (Å²) in [6, 6.07) is 4.19. The van der Waals surface area contributed by atoms with E-state index in [0.29, 0.717) is 0 Å². The molecule has 2 rings (SSSR count). The number of thiophene rings is 1. The maximum absolute atomic E-state index is 5.49. The summed E-state index contributed by atoms with van der Waals surface area (Å²) in [6.07, 6.45) is 0. The minimum absolute atomic E-state index is 0.163. The van der Waals surface area contributed by atoms with E-state index in [2.05, 4.69) is 68.6 Å². The van der Waals surface area contributed by atoms with Crippen molar-refractivity contribution >= 4 is 43.2 Å². The van der Waals surface area contributed by atoms with Crippen LogP contribution in [0.5, 0.6) is 5.75 Å². The van der Waals surface area contributed by atoms with Gasteiger partial charge in [0.05, 0.1) is 11.9 Å². The van der Waals surface area contributed by atoms with Gasteiger partial charge in [0.1, 0.15) is 5.75 Å². The van der Waals surface area contributed by atoms with Gasteiger partial charge in [0, 0.05) is 10.0 Å². The number of hydrogen-bond donors (Lipinski definition) is 0. The lowest BCUT2D eigenvalue weighted by Gasteiger charge is -2.16. The summed E-state index contributed by atoms with van der Waals surface area (Å²) < 4.78 is 6.60. The summed E-state index contributed by atoms with van der Waals surface area (Å²) in [5, 5.41) is 4.35. The molecule has 0 saturated heterocycles. The van der Waals surface area contributed by atoms with Crippen molar-refractivity contribution in [1.82, 2.24) is 0 Å². The number of halogens is 2. The van der Waals surface area contributed by atoms with Crippen molar-refractivity contribution in [2.24, 2.45) is 0 Å². The van der Waals surface area contributed by atoms with E-state index in [4.69, 9.17) is 4.74 Å². The van der Waals surface area contributed by atoms with Crippen LogP contribution in [0.2, 0.25) is 0 Å². The summed E-state index contributed by atoms with van der Waals surface area (Å²) >= 11 is 9.09. The van der Waals surface area contributed by atoms with Crippen molar-refractivity contribution in [3.63, 3.8) is 0 Å². The normalized spacial score (nSPS) is 12.5. The predicted octanol–water partition coefficient (Wildman–Crippen LogP) is 5.62. The number of ether oxygens (including phenoxy) is 1. The van der Waals surface area contributed by atoms with E-state index in [1.54, 1.807) is 18.4 Å². The molecule has 1 unspecified atom stereocenters. The number of aryl methyl sites for hydroxylation is 2. The first-order chi connectivity index (χ1) is 8.54. The fraction of sp³-hybridized carbons (Fsp3) is 0.286. The van der Waals surface area contributed by atoms with Gasteiger partial charge in [0.25, 0.3) is 0 Å². The highest BCUT2D eigenvalue weighted by Gasteiger charge is 2.18. The van der Waals surface area contributed by atoms with E-state index in [1.165, 1.54) is 16.7 Å². The van der Waals surface area contributed by atoms with Crippen LogP contribution < -0.4 is 4.74 Å². The molecule has 4 heteroatoms. The van der Waals surface area contributed by atoms with Gasteiger partial charge < -0.3 is 4.74 Å². The fourth-order valence-electron chi connectivity index (χ4n) is 1.84. The molecular weight excluding hydrogens is 376 g/mol. The van der Waals surface area contributed by atoms with Gasteiger partial charge in [-0.05, 0) is 53.4 Å². The minimum atomic E-state index is 0.163. The molecule has 0 radical (unpaired) electrons. The number of hydrogen-bond acceptors (Lipinski definition) is 2. The highest BCUT2D eigenvalue weighted by molar-refractivity contribution is 9.10. The van der Waals surface area contributed by atoms with Crippen molar-refractivity contribution in [3.05, 3.63) is 49.6 Å². The molecule has 0 aliphatic carbocycles. The largest absolute Gasteiger partial charge is 0.496 e. The third-order valence-corrected chi connectivity index (χ3v) is 5.67. The molecule has 0 aliphatic rings. The SMILES string of the molecule is COc1cc(C)c(Br)cc1C(Br)c1cscc1C. The zero-order valence-corrected chi connectivity index (χ0v) is 14.4. The minimum Gasteiger partial charge on any atom is -0.496 e. The second-order valence-corrected chi connectivity index (χ2v) is 6.73. The third-order valence-electron chi connectivity index (χ3n) is 2.95. The Bertz CT molecular complexity index is 563. The molecule has 0 fully saturated rings. The maximum Gasteiger partial charge on any atom is 0.123 e. The van der Waals surface area contributed by atoms with Crippen LogP contribution in [0.25, 0.3) is 0 Å². The van der Waals surface area contributed by atoms with E-state index in [9.17, 15) is 0 Å².